The fraction of sp³-hybridized carbons (Fsp3) is 0.0667. The Morgan fingerprint density at radius 3 is 2.81 bits per heavy atom. The molecule has 3 rings (SSSR count). The first-order valence-electron chi connectivity index (χ1n) is 6.15. The summed E-state index contributed by atoms with van der Waals surface area (Å²) in [5.41, 5.74) is 2.06. The summed E-state index contributed by atoms with van der Waals surface area (Å²) in [5, 5.41) is 14.8. The molecule has 0 radical (unpaired) electrons. The van der Waals surface area contributed by atoms with Crippen molar-refractivity contribution < 1.29 is 9.18 Å². The monoisotopic (exact) mass is 301 g/mol. The SMILES string of the molecule is N#Cc1ccc(NC2C(=O)Nc3ccc(F)cc32)cc1Cl. The Morgan fingerprint density at radius 2 is 2.10 bits per heavy atom. The van der Waals surface area contributed by atoms with Gasteiger partial charge in [0.05, 0.1) is 10.6 Å². The lowest BCUT2D eigenvalue weighted by molar-refractivity contribution is -0.116. The largest absolute Gasteiger partial charge is 0.370 e. The number of halogens is 2. The molecule has 0 aromatic heterocycles. The summed E-state index contributed by atoms with van der Waals surface area (Å²) in [6, 6.07) is 10.2. The Labute approximate surface area is 125 Å². The number of benzene rings is 2. The summed E-state index contributed by atoms with van der Waals surface area (Å²) >= 11 is 5.95. The molecule has 1 aliphatic rings. The number of nitrogens with one attached hydrogen (secondary N) is 2. The molecule has 21 heavy (non-hydrogen) atoms. The van der Waals surface area contributed by atoms with E-state index in [0.29, 0.717) is 27.5 Å². The second-order valence-corrected chi connectivity index (χ2v) is 5.01. The fourth-order valence-electron chi connectivity index (χ4n) is 2.24. The molecule has 2 N–H and O–H groups in total. The average Bonchev–Trinajstić information content (AvgIpc) is 2.75. The van der Waals surface area contributed by atoms with E-state index in [1.807, 2.05) is 6.07 Å². The third kappa shape index (κ3) is 2.41. The van der Waals surface area contributed by atoms with Gasteiger partial charge < -0.3 is 10.6 Å². The summed E-state index contributed by atoms with van der Waals surface area (Å²) in [7, 11) is 0. The second-order valence-electron chi connectivity index (χ2n) is 4.60. The normalized spacial score (nSPS) is 16.0. The average molecular weight is 302 g/mol. The van der Waals surface area contributed by atoms with Crippen LogP contribution in [0.4, 0.5) is 15.8 Å². The van der Waals surface area contributed by atoms with Gasteiger partial charge in [-0.1, -0.05) is 11.6 Å². The predicted octanol–water partition coefficient (Wildman–Crippen LogP) is 3.46. The van der Waals surface area contributed by atoms with Crippen molar-refractivity contribution in [2.75, 3.05) is 10.6 Å². The zero-order chi connectivity index (χ0) is 15.0. The van der Waals surface area contributed by atoms with Crippen LogP contribution in [0.3, 0.4) is 0 Å². The minimum Gasteiger partial charge on any atom is -0.370 e. The molecule has 0 aliphatic carbocycles. The maximum atomic E-state index is 13.3. The van der Waals surface area contributed by atoms with Gasteiger partial charge in [-0.2, -0.15) is 5.26 Å². The van der Waals surface area contributed by atoms with Crippen molar-refractivity contribution in [2.24, 2.45) is 0 Å². The van der Waals surface area contributed by atoms with Crippen LogP contribution in [0, 0.1) is 17.1 Å². The number of hydrogen-bond acceptors (Lipinski definition) is 3. The lowest BCUT2D eigenvalue weighted by Gasteiger charge is -2.13. The number of hydrogen-bond donors (Lipinski definition) is 2. The van der Waals surface area contributed by atoms with Gasteiger partial charge in [0.25, 0.3) is 5.91 Å². The molecule has 0 saturated carbocycles. The highest BCUT2D eigenvalue weighted by molar-refractivity contribution is 6.32. The molecule has 1 amide bonds. The Kier molecular flexibility index (Phi) is 3.24. The topological polar surface area (TPSA) is 64.9 Å². The lowest BCUT2D eigenvalue weighted by atomic mass is 10.1. The van der Waals surface area contributed by atoms with E-state index in [1.165, 1.54) is 18.2 Å². The molecule has 0 spiro atoms. The minimum atomic E-state index is -0.695. The van der Waals surface area contributed by atoms with Gasteiger partial charge in [0.2, 0.25) is 0 Å². The van der Waals surface area contributed by atoms with Crippen molar-refractivity contribution in [3.63, 3.8) is 0 Å². The highest BCUT2D eigenvalue weighted by Gasteiger charge is 2.30. The molecular formula is C15H9ClFN3O. The van der Waals surface area contributed by atoms with Crippen LogP contribution >= 0.6 is 11.6 Å². The van der Waals surface area contributed by atoms with Crippen LogP contribution in [0.15, 0.2) is 36.4 Å². The van der Waals surface area contributed by atoms with Gasteiger partial charge in [-0.15, -0.1) is 0 Å². The third-order valence-corrected chi connectivity index (χ3v) is 3.56. The van der Waals surface area contributed by atoms with Gasteiger partial charge in [-0.3, -0.25) is 4.79 Å². The number of amides is 1. The van der Waals surface area contributed by atoms with Gasteiger partial charge in [-0.05, 0) is 36.4 Å². The van der Waals surface area contributed by atoms with Gasteiger partial charge in [-0.25, -0.2) is 4.39 Å². The van der Waals surface area contributed by atoms with E-state index in [9.17, 15) is 9.18 Å². The van der Waals surface area contributed by atoms with Crippen LogP contribution in [-0.4, -0.2) is 5.91 Å². The first kappa shape index (κ1) is 13.4. The van der Waals surface area contributed by atoms with Crippen molar-refractivity contribution >= 4 is 28.9 Å². The first-order chi connectivity index (χ1) is 10.1. The van der Waals surface area contributed by atoms with Gasteiger partial charge >= 0.3 is 0 Å². The Bertz CT molecular complexity index is 785. The number of nitrogens with zero attached hydrogens (tertiary/aromatic N) is 1. The maximum absolute atomic E-state index is 13.3. The van der Waals surface area contributed by atoms with Crippen molar-refractivity contribution in [1.82, 2.24) is 0 Å². The predicted molar refractivity (Wildman–Crippen MR) is 77.6 cm³/mol. The summed E-state index contributed by atoms with van der Waals surface area (Å²) in [4.78, 5) is 12.0. The Morgan fingerprint density at radius 1 is 1.29 bits per heavy atom. The molecule has 0 fully saturated rings. The van der Waals surface area contributed by atoms with Crippen LogP contribution in [0.1, 0.15) is 17.2 Å². The van der Waals surface area contributed by atoms with Crippen molar-refractivity contribution in [3.8, 4) is 6.07 Å². The molecule has 2 aromatic carbocycles. The van der Waals surface area contributed by atoms with Crippen molar-refractivity contribution in [3.05, 3.63) is 58.4 Å². The molecule has 1 atom stereocenters. The lowest BCUT2D eigenvalue weighted by Crippen LogP contribution is -2.19. The molecule has 104 valence electrons. The fourth-order valence-corrected chi connectivity index (χ4v) is 2.46. The Hall–Kier alpha value is -2.58. The molecule has 1 aliphatic heterocycles. The number of carbonyl (C=O) groups excluding carboxylic acids is 1. The molecular weight excluding hydrogens is 293 g/mol. The van der Waals surface area contributed by atoms with Crippen LogP contribution < -0.4 is 10.6 Å². The molecule has 0 saturated heterocycles. The molecule has 0 bridgehead atoms. The summed E-state index contributed by atoms with van der Waals surface area (Å²) in [5.74, 6) is -0.675. The molecule has 1 unspecified atom stereocenters. The molecule has 2 aromatic rings. The Balaban J connectivity index is 1.93. The minimum absolute atomic E-state index is 0.268. The van der Waals surface area contributed by atoms with Crippen molar-refractivity contribution in [2.45, 2.75) is 6.04 Å². The maximum Gasteiger partial charge on any atom is 0.251 e. The van der Waals surface area contributed by atoms with Gasteiger partial charge in [0, 0.05) is 16.9 Å². The van der Waals surface area contributed by atoms with Gasteiger partial charge in [0.1, 0.15) is 17.9 Å². The number of rotatable bonds is 2. The quantitative estimate of drug-likeness (QED) is 0.893. The van der Waals surface area contributed by atoms with Crippen LogP contribution in [0.25, 0.3) is 0 Å². The van der Waals surface area contributed by atoms with E-state index in [2.05, 4.69) is 10.6 Å². The number of carbonyl (C=O) groups is 1. The molecule has 4 nitrogen and oxygen atoms in total. The van der Waals surface area contributed by atoms with E-state index in [1.54, 1.807) is 18.2 Å². The molecule has 1 heterocycles. The summed E-state index contributed by atoms with van der Waals surface area (Å²) in [6.45, 7) is 0. The number of anilines is 2. The smallest absolute Gasteiger partial charge is 0.251 e. The van der Waals surface area contributed by atoms with E-state index < -0.39 is 11.9 Å². The first-order valence-corrected chi connectivity index (χ1v) is 6.53. The van der Waals surface area contributed by atoms with Crippen LogP contribution in [-0.2, 0) is 4.79 Å². The molecule has 6 heteroatoms. The highest BCUT2D eigenvalue weighted by Crippen LogP contribution is 2.34. The summed E-state index contributed by atoms with van der Waals surface area (Å²) < 4.78 is 13.3. The van der Waals surface area contributed by atoms with E-state index in [0.717, 1.165) is 0 Å². The standard InChI is InChI=1S/C15H9ClFN3O/c16-12-6-10(3-1-8(12)7-18)19-14-11-5-9(17)2-4-13(11)20-15(14)21/h1-6,14,19H,(H,20,21). The van der Waals surface area contributed by atoms with Crippen LogP contribution in [0.2, 0.25) is 5.02 Å². The second kappa shape index (κ2) is 5.08. The van der Waals surface area contributed by atoms with Crippen molar-refractivity contribution in [1.29, 1.82) is 5.26 Å². The summed E-state index contributed by atoms with van der Waals surface area (Å²) in [6.07, 6.45) is 0. The number of nitriles is 1. The third-order valence-electron chi connectivity index (χ3n) is 3.25. The van der Waals surface area contributed by atoms with E-state index in [4.69, 9.17) is 16.9 Å². The van der Waals surface area contributed by atoms with Gasteiger partial charge in [0.15, 0.2) is 0 Å². The zero-order valence-corrected chi connectivity index (χ0v) is 11.4. The van der Waals surface area contributed by atoms with Crippen LogP contribution in [0.5, 0.6) is 0 Å². The number of fused-ring (bicyclic) bond motifs is 1. The van der Waals surface area contributed by atoms with E-state index >= 15 is 0 Å². The zero-order valence-electron chi connectivity index (χ0n) is 10.7. The highest BCUT2D eigenvalue weighted by atomic mass is 35.5. The van der Waals surface area contributed by atoms with E-state index in [-0.39, 0.29) is 5.91 Å².